The van der Waals surface area contributed by atoms with Gasteiger partial charge in [0.2, 0.25) is 5.91 Å². The van der Waals surface area contributed by atoms with Crippen LogP contribution in [0, 0.1) is 0 Å². The van der Waals surface area contributed by atoms with Crippen LogP contribution in [0.25, 0.3) is 5.69 Å². The van der Waals surface area contributed by atoms with Crippen molar-refractivity contribution < 1.29 is 4.79 Å². The minimum Gasteiger partial charge on any atom is -0.343 e. The van der Waals surface area contributed by atoms with E-state index in [1.807, 2.05) is 51.6 Å². The first-order chi connectivity index (χ1) is 13.7. The standard InChI is InChI=1S/C20H24N6OS/c1-16(27)24-9-7-17(8-10-24)25(12-19-11-21-15-28-19)13-20-22-14-26(23-20)18-5-3-2-4-6-18/h2-6,11,14-15,17H,7-10,12-13H2,1H3. The molecular formula is C20H24N6OS. The van der Waals surface area contributed by atoms with Crippen molar-refractivity contribution in [2.24, 2.45) is 0 Å². The smallest absolute Gasteiger partial charge is 0.219 e. The number of hydrogen-bond acceptors (Lipinski definition) is 6. The highest BCUT2D eigenvalue weighted by molar-refractivity contribution is 7.09. The second-order valence-corrected chi connectivity index (χ2v) is 8.02. The van der Waals surface area contributed by atoms with Crippen molar-refractivity contribution >= 4 is 17.2 Å². The number of nitrogens with zero attached hydrogens (tertiary/aromatic N) is 6. The van der Waals surface area contributed by atoms with Crippen molar-refractivity contribution in [3.05, 3.63) is 59.1 Å². The summed E-state index contributed by atoms with van der Waals surface area (Å²) >= 11 is 1.67. The first kappa shape index (κ1) is 18.8. The molecule has 0 spiro atoms. The van der Waals surface area contributed by atoms with Gasteiger partial charge in [0.05, 0.1) is 17.7 Å². The summed E-state index contributed by atoms with van der Waals surface area (Å²) in [5, 5.41) is 4.67. The van der Waals surface area contributed by atoms with E-state index in [0.29, 0.717) is 12.6 Å². The van der Waals surface area contributed by atoms with E-state index in [1.54, 1.807) is 24.6 Å². The van der Waals surface area contributed by atoms with Crippen LogP contribution in [-0.2, 0) is 17.9 Å². The number of hydrogen-bond donors (Lipinski definition) is 0. The Hall–Kier alpha value is -2.58. The Morgan fingerprint density at radius 2 is 2.00 bits per heavy atom. The van der Waals surface area contributed by atoms with Gasteiger partial charge in [0.1, 0.15) is 6.33 Å². The summed E-state index contributed by atoms with van der Waals surface area (Å²) in [6.45, 7) is 4.78. The molecule has 28 heavy (non-hydrogen) atoms. The van der Waals surface area contributed by atoms with E-state index in [1.165, 1.54) is 4.88 Å². The minimum absolute atomic E-state index is 0.163. The number of carbonyl (C=O) groups excluding carboxylic acids is 1. The number of para-hydroxylation sites is 1. The largest absolute Gasteiger partial charge is 0.343 e. The monoisotopic (exact) mass is 396 g/mol. The van der Waals surface area contributed by atoms with Gasteiger partial charge in [-0.2, -0.15) is 0 Å². The van der Waals surface area contributed by atoms with Gasteiger partial charge >= 0.3 is 0 Å². The number of rotatable bonds is 6. The third-order valence-electron chi connectivity index (χ3n) is 5.17. The van der Waals surface area contributed by atoms with Crippen LogP contribution in [0.15, 0.2) is 48.4 Å². The Morgan fingerprint density at radius 3 is 2.68 bits per heavy atom. The van der Waals surface area contributed by atoms with Crippen molar-refractivity contribution in [3.8, 4) is 5.69 Å². The van der Waals surface area contributed by atoms with Gasteiger partial charge in [-0.3, -0.25) is 14.7 Å². The number of carbonyl (C=O) groups is 1. The molecule has 4 rings (SSSR count). The summed E-state index contributed by atoms with van der Waals surface area (Å²) < 4.78 is 1.82. The lowest BCUT2D eigenvalue weighted by atomic mass is 10.0. The maximum Gasteiger partial charge on any atom is 0.219 e. The first-order valence-corrected chi connectivity index (χ1v) is 10.4. The van der Waals surface area contributed by atoms with Crippen LogP contribution >= 0.6 is 11.3 Å². The van der Waals surface area contributed by atoms with Gasteiger partial charge in [-0.25, -0.2) is 9.67 Å². The summed E-state index contributed by atoms with van der Waals surface area (Å²) in [6, 6.07) is 10.4. The zero-order valence-electron chi connectivity index (χ0n) is 15.9. The second kappa shape index (κ2) is 8.62. The summed E-state index contributed by atoms with van der Waals surface area (Å²) in [5.41, 5.74) is 2.87. The number of piperidine rings is 1. The SMILES string of the molecule is CC(=O)N1CCC(N(Cc2ncn(-c3ccccc3)n2)Cc2cncs2)CC1. The first-order valence-electron chi connectivity index (χ1n) is 9.52. The molecule has 1 aliphatic rings. The van der Waals surface area contributed by atoms with Crippen LogP contribution in [-0.4, -0.2) is 54.6 Å². The third kappa shape index (κ3) is 4.45. The van der Waals surface area contributed by atoms with Crippen molar-refractivity contribution in [1.82, 2.24) is 29.5 Å². The molecule has 0 atom stereocenters. The van der Waals surface area contributed by atoms with Crippen LogP contribution < -0.4 is 0 Å². The second-order valence-electron chi connectivity index (χ2n) is 7.05. The molecule has 0 bridgehead atoms. The van der Waals surface area contributed by atoms with Crippen molar-refractivity contribution in [2.45, 2.75) is 38.9 Å². The summed E-state index contributed by atoms with van der Waals surface area (Å²) in [6.07, 6.45) is 5.64. The van der Waals surface area contributed by atoms with Crippen LogP contribution in [0.4, 0.5) is 0 Å². The van der Waals surface area contributed by atoms with E-state index in [2.05, 4.69) is 20.0 Å². The van der Waals surface area contributed by atoms with Gasteiger partial charge in [-0.05, 0) is 25.0 Å². The van der Waals surface area contributed by atoms with Crippen molar-refractivity contribution in [1.29, 1.82) is 0 Å². The lowest BCUT2D eigenvalue weighted by Crippen LogP contribution is -2.45. The van der Waals surface area contributed by atoms with Crippen LogP contribution in [0.3, 0.4) is 0 Å². The van der Waals surface area contributed by atoms with Crippen molar-refractivity contribution in [3.63, 3.8) is 0 Å². The maximum absolute atomic E-state index is 11.6. The highest BCUT2D eigenvalue weighted by Crippen LogP contribution is 2.22. The predicted octanol–water partition coefficient (Wildman–Crippen LogP) is 2.74. The number of benzene rings is 1. The summed E-state index contributed by atoms with van der Waals surface area (Å²) in [7, 11) is 0. The average Bonchev–Trinajstić information content (AvgIpc) is 3.40. The Kier molecular flexibility index (Phi) is 5.78. The number of likely N-dealkylation sites (tertiary alicyclic amines) is 1. The fourth-order valence-corrected chi connectivity index (χ4v) is 4.26. The average molecular weight is 397 g/mol. The fourth-order valence-electron chi connectivity index (χ4n) is 3.64. The van der Waals surface area contributed by atoms with Gasteiger partial charge < -0.3 is 4.90 Å². The maximum atomic E-state index is 11.6. The van der Waals surface area contributed by atoms with E-state index in [4.69, 9.17) is 0 Å². The van der Waals surface area contributed by atoms with Gasteiger partial charge in [-0.15, -0.1) is 16.4 Å². The molecule has 1 aromatic carbocycles. The van der Waals surface area contributed by atoms with Crippen molar-refractivity contribution in [2.75, 3.05) is 13.1 Å². The molecule has 0 N–H and O–H groups in total. The molecule has 3 aromatic rings. The Labute approximate surface area is 168 Å². The van der Waals surface area contributed by atoms with Crippen LogP contribution in [0.5, 0.6) is 0 Å². The third-order valence-corrected chi connectivity index (χ3v) is 5.94. The quantitative estimate of drug-likeness (QED) is 0.641. The number of aromatic nitrogens is 4. The predicted molar refractivity (Wildman–Crippen MR) is 108 cm³/mol. The molecule has 3 heterocycles. The van der Waals surface area contributed by atoms with Gasteiger partial charge in [-0.1, -0.05) is 18.2 Å². The normalized spacial score (nSPS) is 15.3. The molecule has 0 radical (unpaired) electrons. The Morgan fingerprint density at radius 1 is 1.21 bits per heavy atom. The molecule has 146 valence electrons. The molecular weight excluding hydrogens is 372 g/mol. The zero-order chi connectivity index (χ0) is 19.3. The summed E-state index contributed by atoms with van der Waals surface area (Å²) in [4.78, 5) is 26.0. The van der Waals surface area contributed by atoms with E-state index in [0.717, 1.165) is 44.0 Å². The lowest BCUT2D eigenvalue weighted by molar-refractivity contribution is -0.130. The molecule has 8 heteroatoms. The highest BCUT2D eigenvalue weighted by atomic mass is 32.1. The molecule has 2 aromatic heterocycles. The molecule has 0 saturated carbocycles. The minimum atomic E-state index is 0.163. The van der Waals surface area contributed by atoms with E-state index in [9.17, 15) is 4.79 Å². The van der Waals surface area contributed by atoms with E-state index in [-0.39, 0.29) is 5.91 Å². The van der Waals surface area contributed by atoms with E-state index >= 15 is 0 Å². The topological polar surface area (TPSA) is 67.2 Å². The highest BCUT2D eigenvalue weighted by Gasteiger charge is 2.27. The zero-order valence-corrected chi connectivity index (χ0v) is 16.8. The van der Waals surface area contributed by atoms with Gasteiger partial charge in [0, 0.05) is 43.7 Å². The lowest BCUT2D eigenvalue weighted by Gasteiger charge is -2.37. The molecule has 1 amide bonds. The van der Waals surface area contributed by atoms with Gasteiger partial charge in [0.25, 0.3) is 0 Å². The van der Waals surface area contributed by atoms with E-state index < -0.39 is 0 Å². The van der Waals surface area contributed by atoms with Crippen LogP contribution in [0.1, 0.15) is 30.5 Å². The molecule has 1 fully saturated rings. The Bertz CT molecular complexity index is 887. The number of amides is 1. The fraction of sp³-hybridized carbons (Fsp3) is 0.400. The van der Waals surface area contributed by atoms with Gasteiger partial charge in [0.15, 0.2) is 5.82 Å². The number of thiazole rings is 1. The summed E-state index contributed by atoms with van der Waals surface area (Å²) in [5.74, 6) is 0.970. The molecule has 1 saturated heterocycles. The Balaban J connectivity index is 1.48. The molecule has 0 unspecified atom stereocenters. The molecule has 0 aliphatic carbocycles. The molecule has 7 nitrogen and oxygen atoms in total. The van der Waals surface area contributed by atoms with Crippen LogP contribution in [0.2, 0.25) is 0 Å². The molecule has 1 aliphatic heterocycles.